The summed E-state index contributed by atoms with van der Waals surface area (Å²) in [5.74, 6) is 0. The highest BCUT2D eigenvalue weighted by atomic mass is 35.5. The van der Waals surface area contributed by atoms with Gasteiger partial charge >= 0.3 is 0 Å². The van der Waals surface area contributed by atoms with Gasteiger partial charge in [0.1, 0.15) is 5.02 Å². The van der Waals surface area contributed by atoms with Crippen LogP contribution < -0.4 is 0 Å². The number of rotatable bonds is 2. The lowest BCUT2D eigenvalue weighted by Crippen LogP contribution is -1.90. The predicted molar refractivity (Wildman–Crippen MR) is 73.6 cm³/mol. The van der Waals surface area contributed by atoms with E-state index < -0.39 is 4.92 Å². The first-order valence-electron chi connectivity index (χ1n) is 4.88. The molecular formula is C12H6Cl3NO2. The van der Waals surface area contributed by atoms with Crippen LogP contribution >= 0.6 is 34.8 Å². The van der Waals surface area contributed by atoms with E-state index in [2.05, 4.69) is 0 Å². The summed E-state index contributed by atoms with van der Waals surface area (Å²) in [6, 6.07) is 9.49. The fraction of sp³-hybridized carbons (Fsp3) is 0. The number of hydrogen-bond donors (Lipinski definition) is 0. The molecular weight excluding hydrogens is 296 g/mol. The molecule has 0 atom stereocenters. The zero-order chi connectivity index (χ0) is 13.3. The van der Waals surface area contributed by atoms with E-state index >= 15 is 0 Å². The highest BCUT2D eigenvalue weighted by Crippen LogP contribution is 2.34. The molecule has 3 nitrogen and oxygen atoms in total. The highest BCUT2D eigenvalue weighted by Gasteiger charge is 2.14. The van der Waals surface area contributed by atoms with Crippen molar-refractivity contribution in [3.63, 3.8) is 0 Å². The standard InChI is InChI=1S/C12H6Cl3NO2/c13-8-2-3-9(11(15)6-8)7-1-4-10(14)12(5-7)16(17)18/h1-6H. The monoisotopic (exact) mass is 301 g/mol. The number of nitrogens with zero attached hydrogens (tertiary/aromatic N) is 1. The van der Waals surface area contributed by atoms with Crippen LogP contribution in [0.4, 0.5) is 5.69 Å². The van der Waals surface area contributed by atoms with Gasteiger partial charge in [-0.3, -0.25) is 10.1 Å². The molecule has 2 rings (SSSR count). The van der Waals surface area contributed by atoms with Crippen molar-refractivity contribution in [2.45, 2.75) is 0 Å². The summed E-state index contributed by atoms with van der Waals surface area (Å²) in [5.41, 5.74) is 1.13. The van der Waals surface area contributed by atoms with Crippen LogP contribution in [-0.4, -0.2) is 4.92 Å². The molecule has 2 aromatic rings. The van der Waals surface area contributed by atoms with Gasteiger partial charge in [-0.15, -0.1) is 0 Å². The first-order chi connectivity index (χ1) is 8.49. The Bertz CT molecular complexity index is 629. The van der Waals surface area contributed by atoms with Gasteiger partial charge in [0.05, 0.1) is 4.92 Å². The summed E-state index contributed by atoms with van der Waals surface area (Å²) in [5, 5.41) is 11.8. The average Bonchev–Trinajstić information content (AvgIpc) is 2.30. The lowest BCUT2D eigenvalue weighted by Gasteiger charge is -2.05. The van der Waals surface area contributed by atoms with E-state index in [-0.39, 0.29) is 10.7 Å². The molecule has 0 saturated carbocycles. The van der Waals surface area contributed by atoms with Gasteiger partial charge in [-0.05, 0) is 23.8 Å². The molecule has 0 radical (unpaired) electrons. The van der Waals surface area contributed by atoms with Crippen molar-refractivity contribution in [1.82, 2.24) is 0 Å². The number of benzene rings is 2. The van der Waals surface area contributed by atoms with Crippen LogP contribution in [0.2, 0.25) is 15.1 Å². The summed E-state index contributed by atoms with van der Waals surface area (Å²) in [7, 11) is 0. The van der Waals surface area contributed by atoms with Crippen LogP contribution in [0.15, 0.2) is 36.4 Å². The van der Waals surface area contributed by atoms with Crippen molar-refractivity contribution in [2.24, 2.45) is 0 Å². The topological polar surface area (TPSA) is 43.1 Å². The summed E-state index contributed by atoms with van der Waals surface area (Å²) in [4.78, 5) is 10.3. The van der Waals surface area contributed by atoms with Crippen molar-refractivity contribution in [2.75, 3.05) is 0 Å². The predicted octanol–water partition coefficient (Wildman–Crippen LogP) is 5.22. The molecule has 0 aliphatic heterocycles. The molecule has 0 aliphatic rings. The number of halogens is 3. The van der Waals surface area contributed by atoms with Crippen LogP contribution in [-0.2, 0) is 0 Å². The summed E-state index contributed by atoms with van der Waals surface area (Å²) < 4.78 is 0. The van der Waals surface area contributed by atoms with E-state index in [1.807, 2.05) is 0 Å². The second kappa shape index (κ2) is 5.14. The molecule has 0 amide bonds. The first kappa shape index (κ1) is 13.1. The number of nitro benzene ring substituents is 1. The van der Waals surface area contributed by atoms with Crippen LogP contribution in [0.1, 0.15) is 0 Å². The summed E-state index contributed by atoms with van der Waals surface area (Å²) >= 11 is 17.6. The lowest BCUT2D eigenvalue weighted by molar-refractivity contribution is -0.384. The molecule has 18 heavy (non-hydrogen) atoms. The van der Waals surface area contributed by atoms with Gasteiger partial charge in [0.25, 0.3) is 5.69 Å². The fourth-order valence-corrected chi connectivity index (χ4v) is 2.25. The van der Waals surface area contributed by atoms with E-state index in [1.54, 1.807) is 24.3 Å². The fourth-order valence-electron chi connectivity index (χ4n) is 1.54. The van der Waals surface area contributed by atoms with E-state index in [1.165, 1.54) is 12.1 Å². The van der Waals surface area contributed by atoms with E-state index in [9.17, 15) is 10.1 Å². The van der Waals surface area contributed by atoms with Crippen LogP contribution in [0.5, 0.6) is 0 Å². The van der Waals surface area contributed by atoms with Gasteiger partial charge in [-0.1, -0.05) is 46.9 Å². The molecule has 0 aliphatic carbocycles. The Labute approximate surface area is 118 Å². The maximum atomic E-state index is 10.8. The second-order valence-corrected chi connectivity index (χ2v) is 4.80. The Balaban J connectivity index is 2.58. The minimum absolute atomic E-state index is 0.0915. The Kier molecular flexibility index (Phi) is 3.76. The van der Waals surface area contributed by atoms with Crippen molar-refractivity contribution < 1.29 is 4.92 Å². The molecule has 0 spiro atoms. The molecule has 0 fully saturated rings. The van der Waals surface area contributed by atoms with E-state index in [0.717, 1.165) is 0 Å². The van der Waals surface area contributed by atoms with E-state index in [0.29, 0.717) is 21.2 Å². The Morgan fingerprint density at radius 2 is 1.67 bits per heavy atom. The third kappa shape index (κ3) is 2.58. The van der Waals surface area contributed by atoms with Gasteiger partial charge in [0, 0.05) is 21.7 Å². The van der Waals surface area contributed by atoms with Crippen LogP contribution in [0, 0.1) is 10.1 Å². The van der Waals surface area contributed by atoms with Gasteiger partial charge in [0.2, 0.25) is 0 Å². The third-order valence-electron chi connectivity index (χ3n) is 2.38. The zero-order valence-electron chi connectivity index (χ0n) is 8.86. The molecule has 0 unspecified atom stereocenters. The maximum Gasteiger partial charge on any atom is 0.288 e. The molecule has 92 valence electrons. The summed E-state index contributed by atoms with van der Waals surface area (Å²) in [6.45, 7) is 0. The molecule has 0 heterocycles. The second-order valence-electron chi connectivity index (χ2n) is 3.55. The lowest BCUT2D eigenvalue weighted by atomic mass is 10.1. The average molecular weight is 303 g/mol. The van der Waals surface area contributed by atoms with Gasteiger partial charge in [-0.25, -0.2) is 0 Å². The van der Waals surface area contributed by atoms with Gasteiger partial charge in [0.15, 0.2) is 0 Å². The Hall–Kier alpha value is -1.29. The minimum Gasteiger partial charge on any atom is -0.258 e. The molecule has 0 bridgehead atoms. The van der Waals surface area contributed by atoms with Crippen LogP contribution in [0.3, 0.4) is 0 Å². The van der Waals surface area contributed by atoms with E-state index in [4.69, 9.17) is 34.8 Å². The van der Waals surface area contributed by atoms with Crippen molar-refractivity contribution in [3.05, 3.63) is 61.6 Å². The number of hydrogen-bond acceptors (Lipinski definition) is 2. The molecule has 2 aromatic carbocycles. The largest absolute Gasteiger partial charge is 0.288 e. The molecule has 6 heteroatoms. The number of nitro groups is 1. The van der Waals surface area contributed by atoms with Crippen molar-refractivity contribution in [1.29, 1.82) is 0 Å². The highest BCUT2D eigenvalue weighted by molar-refractivity contribution is 6.36. The normalized spacial score (nSPS) is 10.4. The molecule has 0 N–H and O–H groups in total. The molecule has 0 saturated heterocycles. The smallest absolute Gasteiger partial charge is 0.258 e. The zero-order valence-corrected chi connectivity index (χ0v) is 11.1. The maximum absolute atomic E-state index is 10.8. The Morgan fingerprint density at radius 1 is 0.944 bits per heavy atom. The SMILES string of the molecule is O=[N+]([O-])c1cc(-c2ccc(Cl)cc2Cl)ccc1Cl. The molecule has 0 aromatic heterocycles. The first-order valence-corrected chi connectivity index (χ1v) is 6.02. The summed E-state index contributed by atoms with van der Waals surface area (Å²) in [6.07, 6.45) is 0. The van der Waals surface area contributed by atoms with Gasteiger partial charge < -0.3 is 0 Å². The third-order valence-corrected chi connectivity index (χ3v) is 3.25. The Morgan fingerprint density at radius 3 is 2.28 bits per heavy atom. The minimum atomic E-state index is -0.532. The van der Waals surface area contributed by atoms with Crippen molar-refractivity contribution >= 4 is 40.5 Å². The van der Waals surface area contributed by atoms with Crippen molar-refractivity contribution in [3.8, 4) is 11.1 Å². The van der Waals surface area contributed by atoms with Gasteiger partial charge in [-0.2, -0.15) is 0 Å². The van der Waals surface area contributed by atoms with Crippen LogP contribution in [0.25, 0.3) is 11.1 Å². The quantitative estimate of drug-likeness (QED) is 0.563.